The topological polar surface area (TPSA) is 80.9 Å². The van der Waals surface area contributed by atoms with E-state index in [9.17, 15) is 9.90 Å². The maximum Gasteiger partial charge on any atom is 0.308 e. The average molecular weight is 280 g/mol. The highest BCUT2D eigenvalue weighted by Gasteiger charge is 2.36. The largest absolute Gasteiger partial charge is 0.481 e. The van der Waals surface area contributed by atoms with E-state index in [4.69, 9.17) is 0 Å². The molecule has 0 spiro atoms. The summed E-state index contributed by atoms with van der Waals surface area (Å²) in [5.41, 5.74) is 0.00435. The van der Waals surface area contributed by atoms with E-state index in [-0.39, 0.29) is 5.41 Å². The first kappa shape index (κ1) is 14.9. The van der Waals surface area contributed by atoms with Crippen LogP contribution in [0.3, 0.4) is 0 Å². The van der Waals surface area contributed by atoms with Crippen molar-refractivity contribution in [2.45, 2.75) is 64.8 Å². The van der Waals surface area contributed by atoms with Crippen molar-refractivity contribution in [3.63, 3.8) is 0 Å². The Bertz CT molecular complexity index is 463. The molecule has 2 rings (SSSR count). The fourth-order valence-electron chi connectivity index (χ4n) is 3.17. The molecule has 1 heterocycles. The van der Waals surface area contributed by atoms with Gasteiger partial charge in [-0.1, -0.05) is 33.6 Å². The van der Waals surface area contributed by atoms with E-state index in [0.717, 1.165) is 18.7 Å². The molecule has 20 heavy (non-hydrogen) atoms. The van der Waals surface area contributed by atoms with Crippen LogP contribution in [0.1, 0.15) is 58.7 Å². The van der Waals surface area contributed by atoms with E-state index >= 15 is 0 Å². The lowest BCUT2D eigenvalue weighted by Crippen LogP contribution is -2.28. The lowest BCUT2D eigenvalue weighted by molar-refractivity contribution is -0.142. The van der Waals surface area contributed by atoms with E-state index in [0.29, 0.717) is 18.9 Å². The van der Waals surface area contributed by atoms with E-state index in [2.05, 4.69) is 22.4 Å². The summed E-state index contributed by atoms with van der Waals surface area (Å²) < 4.78 is 1.71. The summed E-state index contributed by atoms with van der Waals surface area (Å²) in [4.78, 5) is 11.4. The van der Waals surface area contributed by atoms with Gasteiger partial charge in [0.15, 0.2) is 5.82 Å². The predicted molar refractivity (Wildman–Crippen MR) is 74.2 cm³/mol. The van der Waals surface area contributed by atoms with E-state index in [1.54, 1.807) is 4.68 Å². The highest BCUT2D eigenvalue weighted by atomic mass is 16.4. The van der Waals surface area contributed by atoms with Crippen molar-refractivity contribution in [1.29, 1.82) is 0 Å². The second kappa shape index (κ2) is 5.89. The van der Waals surface area contributed by atoms with Gasteiger partial charge in [0.25, 0.3) is 0 Å². The Morgan fingerprint density at radius 2 is 2.05 bits per heavy atom. The standard InChI is InChI=1S/C14H24N4O2/c1-10(2)8-11(12(19)20)9-18-13(15-16-17-18)14(3)6-4-5-7-14/h10-11H,4-9H2,1-3H3,(H,19,20). The minimum Gasteiger partial charge on any atom is -0.481 e. The first-order valence-corrected chi connectivity index (χ1v) is 7.42. The monoisotopic (exact) mass is 280 g/mol. The zero-order valence-electron chi connectivity index (χ0n) is 12.5. The lowest BCUT2D eigenvalue weighted by atomic mass is 9.87. The Morgan fingerprint density at radius 3 is 2.60 bits per heavy atom. The average Bonchev–Trinajstić information content (AvgIpc) is 2.97. The number of carboxylic acids is 1. The molecule has 1 N–H and O–H groups in total. The molecule has 1 fully saturated rings. The molecule has 6 nitrogen and oxygen atoms in total. The molecule has 0 aromatic carbocycles. The Kier molecular flexibility index (Phi) is 4.40. The molecular formula is C14H24N4O2. The molecule has 1 aromatic rings. The van der Waals surface area contributed by atoms with Gasteiger partial charge in [-0.15, -0.1) is 5.10 Å². The Labute approximate surface area is 119 Å². The first-order chi connectivity index (χ1) is 9.42. The Morgan fingerprint density at radius 1 is 1.40 bits per heavy atom. The predicted octanol–water partition coefficient (Wildman–Crippen LogP) is 2.25. The molecule has 6 heteroatoms. The van der Waals surface area contributed by atoms with Crippen LogP contribution in [0, 0.1) is 11.8 Å². The van der Waals surface area contributed by atoms with Crippen LogP contribution in [0.25, 0.3) is 0 Å². The molecule has 1 saturated carbocycles. The zero-order chi connectivity index (χ0) is 14.8. The van der Waals surface area contributed by atoms with Crippen LogP contribution in [0.5, 0.6) is 0 Å². The number of aliphatic carboxylic acids is 1. The number of rotatable bonds is 6. The zero-order valence-corrected chi connectivity index (χ0v) is 12.5. The van der Waals surface area contributed by atoms with Crippen LogP contribution in [0.2, 0.25) is 0 Å². The number of hydrogen-bond acceptors (Lipinski definition) is 4. The van der Waals surface area contributed by atoms with Gasteiger partial charge in [0.05, 0.1) is 12.5 Å². The molecule has 0 aliphatic heterocycles. The molecule has 112 valence electrons. The Balaban J connectivity index is 2.17. The van der Waals surface area contributed by atoms with Crippen LogP contribution in [0.15, 0.2) is 0 Å². The van der Waals surface area contributed by atoms with Crippen molar-refractivity contribution in [1.82, 2.24) is 20.2 Å². The van der Waals surface area contributed by atoms with Crippen molar-refractivity contribution in [3.05, 3.63) is 5.82 Å². The highest BCUT2D eigenvalue weighted by molar-refractivity contribution is 5.69. The van der Waals surface area contributed by atoms with Crippen LogP contribution >= 0.6 is 0 Å². The second-order valence-electron chi connectivity index (χ2n) is 6.62. The van der Waals surface area contributed by atoms with E-state index < -0.39 is 11.9 Å². The van der Waals surface area contributed by atoms with Crippen LogP contribution < -0.4 is 0 Å². The van der Waals surface area contributed by atoms with Crippen molar-refractivity contribution in [2.75, 3.05) is 0 Å². The normalized spacial score (nSPS) is 19.4. The molecule has 0 saturated heterocycles. The molecule has 1 atom stereocenters. The summed E-state index contributed by atoms with van der Waals surface area (Å²) in [5.74, 6) is 0.00193. The summed E-state index contributed by atoms with van der Waals surface area (Å²) in [6.07, 6.45) is 5.19. The van der Waals surface area contributed by atoms with Crippen molar-refractivity contribution in [2.24, 2.45) is 11.8 Å². The van der Waals surface area contributed by atoms with Gasteiger partial charge in [-0.25, -0.2) is 4.68 Å². The SMILES string of the molecule is CC(C)CC(Cn1nnnc1C1(C)CCCC1)C(=O)O. The molecule has 1 aliphatic carbocycles. The first-order valence-electron chi connectivity index (χ1n) is 7.42. The Hall–Kier alpha value is -1.46. The summed E-state index contributed by atoms with van der Waals surface area (Å²) in [6, 6.07) is 0. The maximum atomic E-state index is 11.4. The molecule has 0 bridgehead atoms. The van der Waals surface area contributed by atoms with Crippen molar-refractivity contribution >= 4 is 5.97 Å². The van der Waals surface area contributed by atoms with Gasteiger partial charge in [-0.2, -0.15) is 0 Å². The van der Waals surface area contributed by atoms with E-state index in [1.807, 2.05) is 13.8 Å². The summed E-state index contributed by atoms with van der Waals surface area (Å²) >= 11 is 0. The maximum absolute atomic E-state index is 11.4. The quantitative estimate of drug-likeness (QED) is 0.864. The number of carboxylic acid groups (broad SMARTS) is 1. The number of hydrogen-bond donors (Lipinski definition) is 1. The third kappa shape index (κ3) is 3.16. The molecular weight excluding hydrogens is 256 g/mol. The number of carbonyl (C=O) groups is 1. The smallest absolute Gasteiger partial charge is 0.308 e. The van der Waals surface area contributed by atoms with Gasteiger partial charge >= 0.3 is 5.97 Å². The number of nitrogens with zero attached hydrogens (tertiary/aromatic N) is 4. The molecule has 1 aromatic heterocycles. The van der Waals surface area contributed by atoms with Crippen molar-refractivity contribution < 1.29 is 9.90 Å². The minimum atomic E-state index is -0.767. The molecule has 0 radical (unpaired) electrons. The summed E-state index contributed by atoms with van der Waals surface area (Å²) in [7, 11) is 0. The van der Waals surface area contributed by atoms with Gasteiger partial charge in [-0.3, -0.25) is 4.79 Å². The van der Waals surface area contributed by atoms with Gasteiger partial charge in [0.2, 0.25) is 0 Å². The fraction of sp³-hybridized carbons (Fsp3) is 0.857. The van der Waals surface area contributed by atoms with Crippen molar-refractivity contribution in [3.8, 4) is 0 Å². The number of tetrazole rings is 1. The van der Waals surface area contributed by atoms with Crippen LogP contribution in [-0.4, -0.2) is 31.3 Å². The summed E-state index contributed by atoms with van der Waals surface area (Å²) in [6.45, 7) is 6.62. The van der Waals surface area contributed by atoms with Gasteiger partial charge in [-0.05, 0) is 35.6 Å². The third-order valence-electron chi connectivity index (χ3n) is 4.28. The van der Waals surface area contributed by atoms with Gasteiger partial charge in [0, 0.05) is 5.41 Å². The summed E-state index contributed by atoms with van der Waals surface area (Å²) in [5, 5.41) is 21.3. The number of aromatic nitrogens is 4. The molecule has 1 aliphatic rings. The second-order valence-corrected chi connectivity index (χ2v) is 6.62. The highest BCUT2D eigenvalue weighted by Crippen LogP contribution is 2.39. The lowest BCUT2D eigenvalue weighted by Gasteiger charge is -2.23. The third-order valence-corrected chi connectivity index (χ3v) is 4.28. The molecule has 0 amide bonds. The molecule has 1 unspecified atom stereocenters. The van der Waals surface area contributed by atoms with Crippen LogP contribution in [-0.2, 0) is 16.8 Å². The fourth-order valence-corrected chi connectivity index (χ4v) is 3.17. The minimum absolute atomic E-state index is 0.00435. The van der Waals surface area contributed by atoms with Gasteiger partial charge < -0.3 is 5.11 Å². The van der Waals surface area contributed by atoms with Gasteiger partial charge in [0.1, 0.15) is 0 Å². The van der Waals surface area contributed by atoms with E-state index in [1.165, 1.54) is 12.8 Å². The van der Waals surface area contributed by atoms with Crippen LogP contribution in [0.4, 0.5) is 0 Å².